The standard InChI is InChI=1S/C18H19ClO/c1-12(2)13-3-5-14(6-4-13)18(19)16-7-8-17-15(11-16)9-10-20-17/h3-8,11-12,18H,9-10H2,1-2H3. The topological polar surface area (TPSA) is 9.23 Å². The lowest BCUT2D eigenvalue weighted by Gasteiger charge is -2.13. The number of hydrogen-bond donors (Lipinski definition) is 0. The fourth-order valence-electron chi connectivity index (χ4n) is 2.61. The molecular weight excluding hydrogens is 268 g/mol. The van der Waals surface area contributed by atoms with E-state index in [0.717, 1.165) is 29.9 Å². The summed E-state index contributed by atoms with van der Waals surface area (Å²) in [5, 5.41) is -0.0953. The Kier molecular flexibility index (Phi) is 3.71. The molecule has 0 spiro atoms. The number of halogens is 1. The summed E-state index contributed by atoms with van der Waals surface area (Å²) in [4.78, 5) is 0. The average molecular weight is 287 g/mol. The van der Waals surface area contributed by atoms with E-state index in [0.29, 0.717) is 5.92 Å². The number of hydrogen-bond acceptors (Lipinski definition) is 1. The summed E-state index contributed by atoms with van der Waals surface area (Å²) in [6, 6.07) is 14.9. The molecule has 0 amide bonds. The smallest absolute Gasteiger partial charge is 0.122 e. The minimum atomic E-state index is -0.0953. The molecule has 2 aromatic carbocycles. The summed E-state index contributed by atoms with van der Waals surface area (Å²) in [5.41, 5.74) is 4.91. The summed E-state index contributed by atoms with van der Waals surface area (Å²) in [6.07, 6.45) is 0.985. The van der Waals surface area contributed by atoms with Crippen molar-refractivity contribution in [3.8, 4) is 5.75 Å². The van der Waals surface area contributed by atoms with E-state index in [1.165, 1.54) is 11.1 Å². The van der Waals surface area contributed by atoms with E-state index in [-0.39, 0.29) is 5.38 Å². The van der Waals surface area contributed by atoms with Crippen LogP contribution in [0, 0.1) is 0 Å². The van der Waals surface area contributed by atoms with Crippen LogP contribution >= 0.6 is 11.6 Å². The van der Waals surface area contributed by atoms with E-state index >= 15 is 0 Å². The molecule has 0 fully saturated rings. The van der Waals surface area contributed by atoms with Gasteiger partial charge in [-0.15, -0.1) is 11.6 Å². The van der Waals surface area contributed by atoms with Crippen molar-refractivity contribution in [1.82, 2.24) is 0 Å². The minimum absolute atomic E-state index is 0.0953. The zero-order valence-corrected chi connectivity index (χ0v) is 12.7. The van der Waals surface area contributed by atoms with E-state index in [4.69, 9.17) is 16.3 Å². The highest BCUT2D eigenvalue weighted by atomic mass is 35.5. The van der Waals surface area contributed by atoms with Crippen molar-refractivity contribution in [2.45, 2.75) is 31.6 Å². The zero-order valence-electron chi connectivity index (χ0n) is 11.9. The number of benzene rings is 2. The van der Waals surface area contributed by atoms with Gasteiger partial charge >= 0.3 is 0 Å². The number of rotatable bonds is 3. The Labute approximate surface area is 125 Å². The van der Waals surface area contributed by atoms with Crippen molar-refractivity contribution in [2.75, 3.05) is 6.61 Å². The van der Waals surface area contributed by atoms with Crippen LogP contribution in [0.25, 0.3) is 0 Å². The van der Waals surface area contributed by atoms with Crippen molar-refractivity contribution >= 4 is 11.6 Å². The molecule has 1 heterocycles. The van der Waals surface area contributed by atoms with Gasteiger partial charge < -0.3 is 4.74 Å². The molecule has 2 aromatic rings. The first-order valence-electron chi connectivity index (χ1n) is 7.14. The van der Waals surface area contributed by atoms with Crippen LogP contribution in [0.1, 0.15) is 47.4 Å². The maximum atomic E-state index is 6.62. The van der Waals surface area contributed by atoms with E-state index in [1.54, 1.807) is 0 Å². The summed E-state index contributed by atoms with van der Waals surface area (Å²) in [6.45, 7) is 5.19. The molecule has 0 aliphatic carbocycles. The monoisotopic (exact) mass is 286 g/mol. The molecule has 1 atom stereocenters. The molecule has 0 saturated heterocycles. The lowest BCUT2D eigenvalue weighted by molar-refractivity contribution is 0.357. The maximum Gasteiger partial charge on any atom is 0.122 e. The van der Waals surface area contributed by atoms with Crippen LogP contribution in [0.5, 0.6) is 5.75 Å². The molecule has 1 nitrogen and oxygen atoms in total. The molecule has 0 aromatic heterocycles. The Bertz CT molecular complexity index is 601. The van der Waals surface area contributed by atoms with E-state index in [9.17, 15) is 0 Å². The Morgan fingerprint density at radius 3 is 2.30 bits per heavy atom. The van der Waals surface area contributed by atoms with Gasteiger partial charge in [-0.2, -0.15) is 0 Å². The highest BCUT2D eigenvalue weighted by Gasteiger charge is 2.16. The Morgan fingerprint density at radius 1 is 0.950 bits per heavy atom. The van der Waals surface area contributed by atoms with E-state index in [1.807, 2.05) is 6.07 Å². The van der Waals surface area contributed by atoms with Crippen molar-refractivity contribution in [3.05, 3.63) is 64.7 Å². The third-order valence-electron chi connectivity index (χ3n) is 3.90. The fraction of sp³-hybridized carbons (Fsp3) is 0.333. The number of fused-ring (bicyclic) bond motifs is 1. The van der Waals surface area contributed by atoms with Gasteiger partial charge in [0, 0.05) is 6.42 Å². The van der Waals surface area contributed by atoms with E-state index in [2.05, 4.69) is 50.2 Å². The Morgan fingerprint density at radius 2 is 1.60 bits per heavy atom. The summed E-state index contributed by atoms with van der Waals surface area (Å²) >= 11 is 6.62. The lowest BCUT2D eigenvalue weighted by atomic mass is 9.97. The molecular formula is C18H19ClO. The maximum absolute atomic E-state index is 6.62. The molecule has 104 valence electrons. The minimum Gasteiger partial charge on any atom is -0.493 e. The second-order valence-electron chi connectivity index (χ2n) is 5.65. The molecule has 2 heteroatoms. The van der Waals surface area contributed by atoms with Gasteiger partial charge in [-0.05, 0) is 34.2 Å². The first-order chi connectivity index (χ1) is 9.65. The van der Waals surface area contributed by atoms with Crippen molar-refractivity contribution in [1.29, 1.82) is 0 Å². The SMILES string of the molecule is CC(C)c1ccc(C(Cl)c2ccc3c(c2)CCO3)cc1. The quantitative estimate of drug-likeness (QED) is 0.716. The van der Waals surface area contributed by atoms with Crippen LogP contribution in [0.15, 0.2) is 42.5 Å². The van der Waals surface area contributed by atoms with Gasteiger partial charge in [-0.1, -0.05) is 50.2 Å². The lowest BCUT2D eigenvalue weighted by Crippen LogP contribution is -1.95. The molecule has 0 saturated carbocycles. The first kappa shape index (κ1) is 13.5. The molecule has 1 aliphatic rings. The van der Waals surface area contributed by atoms with Crippen molar-refractivity contribution < 1.29 is 4.74 Å². The van der Waals surface area contributed by atoms with Gasteiger partial charge in [0.15, 0.2) is 0 Å². The van der Waals surface area contributed by atoms with Gasteiger partial charge in [0.25, 0.3) is 0 Å². The zero-order chi connectivity index (χ0) is 14.1. The third kappa shape index (κ3) is 2.55. The molecule has 3 rings (SSSR count). The highest BCUT2D eigenvalue weighted by molar-refractivity contribution is 6.22. The largest absolute Gasteiger partial charge is 0.493 e. The molecule has 20 heavy (non-hydrogen) atoms. The van der Waals surface area contributed by atoms with Crippen molar-refractivity contribution in [2.24, 2.45) is 0 Å². The summed E-state index contributed by atoms with van der Waals surface area (Å²) in [7, 11) is 0. The Balaban J connectivity index is 1.86. The van der Waals surface area contributed by atoms with Crippen LogP contribution in [0.4, 0.5) is 0 Å². The van der Waals surface area contributed by atoms with Crippen molar-refractivity contribution in [3.63, 3.8) is 0 Å². The van der Waals surface area contributed by atoms with Gasteiger partial charge in [0.2, 0.25) is 0 Å². The molecule has 0 N–H and O–H groups in total. The fourth-order valence-corrected chi connectivity index (χ4v) is 2.89. The predicted octanol–water partition coefficient (Wildman–Crippen LogP) is 5.07. The molecule has 0 radical (unpaired) electrons. The van der Waals surface area contributed by atoms with Gasteiger partial charge in [-0.25, -0.2) is 0 Å². The van der Waals surface area contributed by atoms with Gasteiger partial charge in [0.05, 0.1) is 12.0 Å². The summed E-state index contributed by atoms with van der Waals surface area (Å²) in [5.74, 6) is 1.56. The van der Waals surface area contributed by atoms with Crippen LogP contribution in [-0.2, 0) is 6.42 Å². The van der Waals surface area contributed by atoms with Crippen LogP contribution in [0.2, 0.25) is 0 Å². The van der Waals surface area contributed by atoms with Crippen LogP contribution < -0.4 is 4.74 Å². The normalized spacial score (nSPS) is 15.0. The number of alkyl halides is 1. The Hall–Kier alpha value is -1.47. The second-order valence-corrected chi connectivity index (χ2v) is 6.09. The highest BCUT2D eigenvalue weighted by Crippen LogP contribution is 2.34. The van der Waals surface area contributed by atoms with Crippen LogP contribution in [-0.4, -0.2) is 6.61 Å². The average Bonchev–Trinajstić information content (AvgIpc) is 2.94. The second kappa shape index (κ2) is 5.49. The van der Waals surface area contributed by atoms with Crippen LogP contribution in [0.3, 0.4) is 0 Å². The summed E-state index contributed by atoms with van der Waals surface area (Å²) < 4.78 is 5.54. The first-order valence-corrected chi connectivity index (χ1v) is 7.58. The molecule has 1 aliphatic heterocycles. The predicted molar refractivity (Wildman–Crippen MR) is 83.9 cm³/mol. The third-order valence-corrected chi connectivity index (χ3v) is 4.41. The van der Waals surface area contributed by atoms with E-state index < -0.39 is 0 Å². The van der Waals surface area contributed by atoms with Gasteiger partial charge in [0.1, 0.15) is 5.75 Å². The molecule has 0 bridgehead atoms. The molecule has 1 unspecified atom stereocenters. The number of ether oxygens (including phenoxy) is 1. The van der Waals surface area contributed by atoms with Gasteiger partial charge in [-0.3, -0.25) is 0 Å².